The molecule has 3 rings (SSSR count). The summed E-state index contributed by atoms with van der Waals surface area (Å²) in [5, 5.41) is 8.82. The van der Waals surface area contributed by atoms with Gasteiger partial charge >= 0.3 is 0 Å². The van der Waals surface area contributed by atoms with Crippen LogP contribution in [-0.2, 0) is 6.61 Å². The van der Waals surface area contributed by atoms with Crippen LogP contribution in [0.5, 0.6) is 5.75 Å². The van der Waals surface area contributed by atoms with Gasteiger partial charge in [-0.1, -0.05) is 6.07 Å². The highest BCUT2D eigenvalue weighted by Crippen LogP contribution is 2.22. The second-order valence-electron chi connectivity index (χ2n) is 5.87. The fraction of sp³-hybridized carbons (Fsp3) is 0.0952. The number of nitriles is 1. The van der Waals surface area contributed by atoms with Crippen molar-refractivity contribution in [2.45, 2.75) is 13.5 Å². The van der Waals surface area contributed by atoms with Crippen LogP contribution in [0.15, 0.2) is 60.8 Å². The number of benzene rings is 2. The van der Waals surface area contributed by atoms with Crippen molar-refractivity contribution < 1.29 is 9.53 Å². The molecule has 0 radical (unpaired) electrons. The lowest BCUT2D eigenvalue weighted by atomic mass is 10.0. The third-order valence-electron chi connectivity index (χ3n) is 4.00. The second kappa shape index (κ2) is 7.49. The zero-order valence-electron chi connectivity index (χ0n) is 14.3. The highest BCUT2D eigenvalue weighted by molar-refractivity contribution is 5.94. The highest BCUT2D eigenvalue weighted by Gasteiger charge is 2.08. The maximum Gasteiger partial charge on any atom is 0.248 e. The first-order valence-corrected chi connectivity index (χ1v) is 8.05. The van der Waals surface area contributed by atoms with Gasteiger partial charge in [-0.15, -0.1) is 0 Å². The zero-order valence-corrected chi connectivity index (χ0v) is 14.3. The predicted molar refractivity (Wildman–Crippen MR) is 98.4 cm³/mol. The van der Waals surface area contributed by atoms with Crippen molar-refractivity contribution in [3.63, 3.8) is 0 Å². The molecule has 0 aliphatic heterocycles. The third kappa shape index (κ3) is 3.87. The van der Waals surface area contributed by atoms with Crippen molar-refractivity contribution in [1.82, 2.24) is 4.98 Å². The Bertz CT molecular complexity index is 989. The molecule has 128 valence electrons. The van der Waals surface area contributed by atoms with E-state index in [4.69, 9.17) is 15.7 Å². The van der Waals surface area contributed by atoms with Crippen molar-refractivity contribution in [2.75, 3.05) is 0 Å². The van der Waals surface area contributed by atoms with E-state index in [1.807, 2.05) is 31.2 Å². The molecule has 1 aromatic heterocycles. The maximum absolute atomic E-state index is 11.4. The number of hydrogen-bond acceptors (Lipinski definition) is 4. The summed E-state index contributed by atoms with van der Waals surface area (Å²) in [6.07, 6.45) is 1.73. The highest BCUT2D eigenvalue weighted by atomic mass is 16.5. The molecule has 0 fully saturated rings. The number of rotatable bonds is 5. The SMILES string of the molecule is Cc1cc(-c2cc(COc3ccc(C#N)cc3)ccn2)ccc1C(N)=O. The number of nitrogens with zero attached hydrogens (tertiary/aromatic N) is 2. The molecule has 26 heavy (non-hydrogen) atoms. The first-order valence-electron chi connectivity index (χ1n) is 8.05. The van der Waals surface area contributed by atoms with Crippen LogP contribution in [0, 0.1) is 18.3 Å². The predicted octanol–water partition coefficient (Wildman–Crippen LogP) is 3.61. The number of amides is 1. The Hall–Kier alpha value is -3.65. The average molecular weight is 343 g/mol. The molecule has 5 heteroatoms. The molecule has 0 aliphatic carbocycles. The number of aryl methyl sites for hydroxylation is 1. The minimum Gasteiger partial charge on any atom is -0.489 e. The first-order chi connectivity index (χ1) is 12.6. The van der Waals surface area contributed by atoms with Gasteiger partial charge in [0.15, 0.2) is 0 Å². The van der Waals surface area contributed by atoms with Gasteiger partial charge in [0, 0.05) is 17.3 Å². The Kier molecular flexibility index (Phi) is 4.95. The molecule has 0 saturated heterocycles. The van der Waals surface area contributed by atoms with Crippen LogP contribution < -0.4 is 10.5 Å². The number of primary amides is 1. The number of carbonyl (C=O) groups excluding carboxylic acids is 1. The van der Waals surface area contributed by atoms with Crippen LogP contribution in [0.25, 0.3) is 11.3 Å². The summed E-state index contributed by atoms with van der Waals surface area (Å²) in [5.41, 5.74) is 9.95. The standard InChI is InChI=1S/C21H17N3O2/c1-14-10-17(4-7-19(14)21(23)25)20-11-16(8-9-24-20)13-26-18-5-2-15(12-22)3-6-18/h2-11H,13H2,1H3,(H2,23,25). The van der Waals surface area contributed by atoms with Gasteiger partial charge in [-0.3, -0.25) is 9.78 Å². The van der Waals surface area contributed by atoms with E-state index >= 15 is 0 Å². The molecular weight excluding hydrogens is 326 g/mol. The van der Waals surface area contributed by atoms with E-state index in [1.165, 1.54) is 0 Å². The summed E-state index contributed by atoms with van der Waals surface area (Å²) in [7, 11) is 0. The van der Waals surface area contributed by atoms with Gasteiger partial charge in [-0.05, 0) is 66.6 Å². The van der Waals surface area contributed by atoms with E-state index in [0.717, 1.165) is 22.4 Å². The zero-order chi connectivity index (χ0) is 18.5. The van der Waals surface area contributed by atoms with Gasteiger partial charge in [-0.25, -0.2) is 0 Å². The molecule has 0 spiro atoms. The Balaban J connectivity index is 1.76. The fourth-order valence-corrected chi connectivity index (χ4v) is 2.61. The van der Waals surface area contributed by atoms with Crippen molar-refractivity contribution in [3.8, 4) is 23.1 Å². The molecule has 0 saturated carbocycles. The van der Waals surface area contributed by atoms with Gasteiger partial charge in [0.05, 0.1) is 17.3 Å². The quantitative estimate of drug-likeness (QED) is 0.766. The van der Waals surface area contributed by atoms with Crippen LogP contribution in [0.2, 0.25) is 0 Å². The average Bonchev–Trinajstić information content (AvgIpc) is 2.66. The Morgan fingerprint density at radius 3 is 2.58 bits per heavy atom. The monoisotopic (exact) mass is 343 g/mol. The molecule has 1 heterocycles. The molecule has 0 unspecified atom stereocenters. The third-order valence-corrected chi connectivity index (χ3v) is 4.00. The van der Waals surface area contributed by atoms with Crippen LogP contribution >= 0.6 is 0 Å². The summed E-state index contributed by atoms with van der Waals surface area (Å²) in [6, 6.07) is 18.3. The number of pyridine rings is 1. The van der Waals surface area contributed by atoms with Crippen molar-refractivity contribution >= 4 is 5.91 Å². The Labute approximate surface area is 151 Å². The summed E-state index contributed by atoms with van der Waals surface area (Å²) >= 11 is 0. The van der Waals surface area contributed by atoms with Crippen molar-refractivity contribution in [2.24, 2.45) is 5.73 Å². The summed E-state index contributed by atoms with van der Waals surface area (Å²) in [6.45, 7) is 2.24. The van der Waals surface area contributed by atoms with Crippen molar-refractivity contribution in [3.05, 3.63) is 83.0 Å². The molecule has 2 aromatic carbocycles. The van der Waals surface area contributed by atoms with Crippen LogP contribution in [0.1, 0.15) is 27.0 Å². The fourth-order valence-electron chi connectivity index (χ4n) is 2.61. The molecule has 5 nitrogen and oxygen atoms in total. The summed E-state index contributed by atoms with van der Waals surface area (Å²) in [5.74, 6) is 0.260. The number of carbonyl (C=O) groups is 1. The van der Waals surface area contributed by atoms with Gasteiger partial charge in [0.2, 0.25) is 5.91 Å². The number of nitrogens with two attached hydrogens (primary N) is 1. The van der Waals surface area contributed by atoms with Crippen molar-refractivity contribution in [1.29, 1.82) is 5.26 Å². The van der Waals surface area contributed by atoms with Gasteiger partial charge in [-0.2, -0.15) is 5.26 Å². The molecule has 3 aromatic rings. The molecule has 0 atom stereocenters. The van der Waals surface area contributed by atoms with E-state index in [9.17, 15) is 4.79 Å². The van der Waals surface area contributed by atoms with E-state index in [2.05, 4.69) is 11.1 Å². The van der Waals surface area contributed by atoms with E-state index in [-0.39, 0.29) is 0 Å². The molecular formula is C21H17N3O2. The topological polar surface area (TPSA) is 89.0 Å². The van der Waals surface area contributed by atoms with E-state index < -0.39 is 5.91 Å². The van der Waals surface area contributed by atoms with Crippen LogP contribution in [-0.4, -0.2) is 10.9 Å². The first kappa shape index (κ1) is 17.2. The largest absolute Gasteiger partial charge is 0.489 e. The second-order valence-corrected chi connectivity index (χ2v) is 5.87. The molecule has 0 aliphatic rings. The molecule has 1 amide bonds. The minimum absolute atomic E-state index is 0.389. The Morgan fingerprint density at radius 1 is 1.15 bits per heavy atom. The molecule has 2 N–H and O–H groups in total. The van der Waals surface area contributed by atoms with E-state index in [0.29, 0.717) is 23.5 Å². The molecule has 0 bridgehead atoms. The van der Waals surface area contributed by atoms with Gasteiger partial charge in [0.25, 0.3) is 0 Å². The Morgan fingerprint density at radius 2 is 1.92 bits per heavy atom. The van der Waals surface area contributed by atoms with Gasteiger partial charge < -0.3 is 10.5 Å². The van der Waals surface area contributed by atoms with Crippen LogP contribution in [0.4, 0.5) is 0 Å². The number of aromatic nitrogens is 1. The van der Waals surface area contributed by atoms with Gasteiger partial charge in [0.1, 0.15) is 12.4 Å². The number of ether oxygens (including phenoxy) is 1. The smallest absolute Gasteiger partial charge is 0.248 e. The lowest BCUT2D eigenvalue weighted by Gasteiger charge is -2.09. The summed E-state index contributed by atoms with van der Waals surface area (Å²) < 4.78 is 5.76. The van der Waals surface area contributed by atoms with Crippen LogP contribution in [0.3, 0.4) is 0 Å². The number of hydrogen-bond donors (Lipinski definition) is 1. The maximum atomic E-state index is 11.4. The lowest BCUT2D eigenvalue weighted by Crippen LogP contribution is -2.12. The minimum atomic E-state index is -0.438. The summed E-state index contributed by atoms with van der Waals surface area (Å²) in [4.78, 5) is 15.8. The normalized spacial score (nSPS) is 10.2. The lowest BCUT2D eigenvalue weighted by molar-refractivity contribution is 0.0999. The van der Waals surface area contributed by atoms with E-state index in [1.54, 1.807) is 36.5 Å².